The van der Waals surface area contributed by atoms with Crippen molar-refractivity contribution in [2.45, 2.75) is 12.8 Å². The number of furan rings is 1. The maximum Gasteiger partial charge on any atom is 0.293 e. The minimum atomic E-state index is -0.458. The van der Waals surface area contributed by atoms with E-state index in [0.717, 1.165) is 24.1 Å². The molecule has 26 heavy (non-hydrogen) atoms. The highest BCUT2D eigenvalue weighted by molar-refractivity contribution is 6.05. The molecule has 1 aliphatic heterocycles. The third-order valence-electron chi connectivity index (χ3n) is 4.54. The van der Waals surface area contributed by atoms with Gasteiger partial charge in [0, 0.05) is 18.3 Å². The number of fused-ring (bicyclic) bond motifs is 1. The molecule has 0 spiro atoms. The molecule has 6 nitrogen and oxygen atoms in total. The molecule has 0 N–H and O–H groups in total. The molecule has 0 bridgehead atoms. The Labute approximate surface area is 149 Å². The zero-order valence-corrected chi connectivity index (χ0v) is 13.9. The van der Waals surface area contributed by atoms with Crippen LogP contribution in [0.3, 0.4) is 0 Å². The third-order valence-corrected chi connectivity index (χ3v) is 4.54. The first-order valence-electron chi connectivity index (χ1n) is 8.38. The van der Waals surface area contributed by atoms with E-state index in [4.69, 9.17) is 4.42 Å². The highest BCUT2D eigenvalue weighted by atomic mass is 16.6. The molecule has 6 heteroatoms. The predicted octanol–water partition coefficient (Wildman–Crippen LogP) is 4.45. The fourth-order valence-corrected chi connectivity index (χ4v) is 3.32. The number of para-hydroxylation sites is 2. The Morgan fingerprint density at radius 1 is 1.04 bits per heavy atom. The summed E-state index contributed by atoms with van der Waals surface area (Å²) in [4.78, 5) is 25.4. The topological polar surface area (TPSA) is 76.6 Å². The van der Waals surface area contributed by atoms with Crippen LogP contribution in [-0.4, -0.2) is 17.4 Å². The number of benzene rings is 2. The Morgan fingerprint density at radius 2 is 1.81 bits per heavy atom. The van der Waals surface area contributed by atoms with Gasteiger partial charge in [0.1, 0.15) is 5.76 Å². The summed E-state index contributed by atoms with van der Waals surface area (Å²) in [5, 5.41) is 11.2. The molecule has 0 fully saturated rings. The summed E-state index contributed by atoms with van der Waals surface area (Å²) in [6.07, 6.45) is 1.83. The van der Waals surface area contributed by atoms with E-state index in [0.29, 0.717) is 17.9 Å². The number of rotatable bonds is 3. The van der Waals surface area contributed by atoms with Gasteiger partial charge in [0.15, 0.2) is 5.76 Å². The monoisotopic (exact) mass is 348 g/mol. The van der Waals surface area contributed by atoms with Gasteiger partial charge >= 0.3 is 0 Å². The maximum absolute atomic E-state index is 12.9. The number of anilines is 1. The molecular formula is C20H16N2O4. The quantitative estimate of drug-likeness (QED) is 0.518. The molecule has 0 atom stereocenters. The van der Waals surface area contributed by atoms with E-state index in [2.05, 4.69) is 0 Å². The van der Waals surface area contributed by atoms with E-state index in [1.807, 2.05) is 24.3 Å². The number of hydrogen-bond acceptors (Lipinski definition) is 4. The number of carbonyl (C=O) groups is 1. The second kappa shape index (κ2) is 6.48. The fourth-order valence-electron chi connectivity index (χ4n) is 3.32. The molecule has 1 aliphatic rings. The Balaban J connectivity index is 1.68. The van der Waals surface area contributed by atoms with Gasteiger partial charge in [0.25, 0.3) is 11.6 Å². The zero-order chi connectivity index (χ0) is 18.1. The second-order valence-corrected chi connectivity index (χ2v) is 6.13. The van der Waals surface area contributed by atoms with Crippen molar-refractivity contribution in [1.82, 2.24) is 0 Å². The van der Waals surface area contributed by atoms with Crippen molar-refractivity contribution < 1.29 is 14.1 Å². The molecule has 4 rings (SSSR count). The van der Waals surface area contributed by atoms with Gasteiger partial charge in [-0.2, -0.15) is 0 Å². The van der Waals surface area contributed by atoms with Crippen LogP contribution in [0.2, 0.25) is 0 Å². The lowest BCUT2D eigenvalue weighted by Gasteiger charge is -2.28. The molecule has 1 aromatic heterocycles. The van der Waals surface area contributed by atoms with Crippen LogP contribution in [0.5, 0.6) is 0 Å². The summed E-state index contributed by atoms with van der Waals surface area (Å²) < 4.78 is 5.69. The Hall–Kier alpha value is -3.41. The first-order chi connectivity index (χ1) is 12.6. The van der Waals surface area contributed by atoms with Gasteiger partial charge in [-0.15, -0.1) is 0 Å². The van der Waals surface area contributed by atoms with E-state index in [1.165, 1.54) is 6.07 Å². The molecule has 0 unspecified atom stereocenters. The van der Waals surface area contributed by atoms with Crippen molar-refractivity contribution in [2.75, 3.05) is 11.4 Å². The number of carbonyl (C=O) groups excluding carboxylic acids is 1. The first-order valence-corrected chi connectivity index (χ1v) is 8.38. The van der Waals surface area contributed by atoms with Crippen LogP contribution in [-0.2, 0) is 6.42 Å². The van der Waals surface area contributed by atoms with Gasteiger partial charge in [0.2, 0.25) is 0 Å². The molecule has 130 valence electrons. The van der Waals surface area contributed by atoms with Crippen LogP contribution in [0.4, 0.5) is 11.4 Å². The number of aryl methyl sites for hydroxylation is 1. The van der Waals surface area contributed by atoms with Crippen molar-refractivity contribution in [3.8, 4) is 11.3 Å². The SMILES string of the molecule is O=C(c1ccc(-c2ccccc2[N+](=O)[O-])o1)N1CCCc2ccccc21. The average molecular weight is 348 g/mol. The number of nitro benzene ring substituents is 1. The molecule has 0 radical (unpaired) electrons. The second-order valence-electron chi connectivity index (χ2n) is 6.13. The van der Waals surface area contributed by atoms with Crippen molar-refractivity contribution in [3.63, 3.8) is 0 Å². The highest BCUT2D eigenvalue weighted by Gasteiger charge is 2.26. The summed E-state index contributed by atoms with van der Waals surface area (Å²) >= 11 is 0. The highest BCUT2D eigenvalue weighted by Crippen LogP contribution is 2.33. The smallest absolute Gasteiger partial charge is 0.293 e. The summed E-state index contributed by atoms with van der Waals surface area (Å²) in [5.74, 6) is 0.253. The van der Waals surface area contributed by atoms with E-state index in [-0.39, 0.29) is 17.4 Å². The Morgan fingerprint density at radius 3 is 2.65 bits per heavy atom. The van der Waals surface area contributed by atoms with Crippen LogP contribution in [0.25, 0.3) is 11.3 Å². The van der Waals surface area contributed by atoms with Gasteiger partial charge in [-0.3, -0.25) is 14.9 Å². The van der Waals surface area contributed by atoms with Crippen LogP contribution >= 0.6 is 0 Å². The third kappa shape index (κ3) is 2.75. The summed E-state index contributed by atoms with van der Waals surface area (Å²) in [5.41, 5.74) is 2.34. The standard InChI is InChI=1S/C20H16N2O4/c23-20(21-13-5-7-14-6-1-3-9-16(14)21)19-12-11-18(26-19)15-8-2-4-10-17(15)22(24)25/h1-4,6,8-12H,5,7,13H2. The number of nitro groups is 1. The largest absolute Gasteiger partial charge is 0.451 e. The summed E-state index contributed by atoms with van der Waals surface area (Å²) in [6, 6.07) is 17.3. The van der Waals surface area contributed by atoms with Crippen molar-refractivity contribution >= 4 is 17.3 Å². The van der Waals surface area contributed by atoms with E-state index in [9.17, 15) is 14.9 Å². The maximum atomic E-state index is 12.9. The van der Waals surface area contributed by atoms with Crippen molar-refractivity contribution in [1.29, 1.82) is 0 Å². The van der Waals surface area contributed by atoms with Crippen LogP contribution in [0, 0.1) is 10.1 Å². The number of hydrogen-bond donors (Lipinski definition) is 0. The Kier molecular flexibility index (Phi) is 4.01. The van der Waals surface area contributed by atoms with Gasteiger partial charge in [-0.1, -0.05) is 30.3 Å². The van der Waals surface area contributed by atoms with Gasteiger partial charge in [-0.05, 0) is 42.7 Å². The first kappa shape index (κ1) is 16.1. The lowest BCUT2D eigenvalue weighted by molar-refractivity contribution is -0.384. The molecule has 0 saturated heterocycles. The molecule has 0 aliphatic carbocycles. The normalized spacial score (nSPS) is 13.3. The fraction of sp³-hybridized carbons (Fsp3) is 0.150. The lowest BCUT2D eigenvalue weighted by Crippen LogP contribution is -2.35. The van der Waals surface area contributed by atoms with Crippen LogP contribution in [0.1, 0.15) is 22.5 Å². The van der Waals surface area contributed by atoms with Gasteiger partial charge in [0.05, 0.1) is 10.5 Å². The minimum Gasteiger partial charge on any atom is -0.451 e. The Bertz CT molecular complexity index is 993. The van der Waals surface area contributed by atoms with Gasteiger partial charge in [-0.25, -0.2) is 0 Å². The summed E-state index contributed by atoms with van der Waals surface area (Å²) in [7, 11) is 0. The molecule has 3 aromatic rings. The van der Waals surface area contributed by atoms with E-state index < -0.39 is 4.92 Å². The summed E-state index contributed by atoms with van der Waals surface area (Å²) in [6.45, 7) is 0.622. The van der Waals surface area contributed by atoms with Crippen molar-refractivity contribution in [3.05, 3.63) is 82.1 Å². The molecule has 0 saturated carbocycles. The average Bonchev–Trinajstić information content (AvgIpc) is 3.17. The van der Waals surface area contributed by atoms with E-state index in [1.54, 1.807) is 35.2 Å². The molecule has 2 heterocycles. The predicted molar refractivity (Wildman–Crippen MR) is 97.2 cm³/mol. The molecule has 1 amide bonds. The molecular weight excluding hydrogens is 332 g/mol. The van der Waals surface area contributed by atoms with Crippen molar-refractivity contribution in [2.24, 2.45) is 0 Å². The van der Waals surface area contributed by atoms with Crippen LogP contribution < -0.4 is 4.90 Å². The lowest BCUT2D eigenvalue weighted by atomic mass is 10.0. The zero-order valence-electron chi connectivity index (χ0n) is 13.9. The number of nitrogens with zero attached hydrogens (tertiary/aromatic N) is 2. The van der Waals surface area contributed by atoms with Crippen LogP contribution in [0.15, 0.2) is 65.1 Å². The van der Waals surface area contributed by atoms with E-state index >= 15 is 0 Å². The minimum absolute atomic E-state index is 0.0517. The number of amides is 1. The molecule has 2 aromatic carbocycles. The van der Waals surface area contributed by atoms with Gasteiger partial charge < -0.3 is 9.32 Å².